The number of fused-ring (bicyclic) bond motifs is 1. The van der Waals surface area contributed by atoms with Gasteiger partial charge in [-0.25, -0.2) is 4.79 Å². The van der Waals surface area contributed by atoms with Gasteiger partial charge in [-0.3, -0.25) is 4.79 Å². The number of benzene rings is 1. The van der Waals surface area contributed by atoms with Crippen LogP contribution >= 0.6 is 22.7 Å². The van der Waals surface area contributed by atoms with Crippen LogP contribution in [0.5, 0.6) is 0 Å². The van der Waals surface area contributed by atoms with E-state index in [4.69, 9.17) is 4.74 Å². The molecule has 0 unspecified atom stereocenters. The molecule has 0 saturated heterocycles. The predicted octanol–water partition coefficient (Wildman–Crippen LogP) is 4.79. The fraction of sp³-hybridized carbons (Fsp3) is 0.111. The molecule has 0 aliphatic carbocycles. The highest BCUT2D eigenvalue weighted by atomic mass is 32.1. The molecule has 24 heavy (non-hydrogen) atoms. The number of esters is 1. The van der Waals surface area contributed by atoms with Crippen LogP contribution < -0.4 is 5.32 Å². The number of ether oxygens (including phenoxy) is 1. The first-order valence-electron chi connectivity index (χ1n) is 7.40. The number of carbonyl (C=O) groups is 2. The number of rotatable bonds is 5. The minimum atomic E-state index is -0.424. The van der Waals surface area contributed by atoms with Gasteiger partial charge in [0.1, 0.15) is 10.6 Å². The van der Waals surface area contributed by atoms with Crippen molar-refractivity contribution >= 4 is 55.7 Å². The van der Waals surface area contributed by atoms with Gasteiger partial charge in [0.2, 0.25) is 5.91 Å². The zero-order chi connectivity index (χ0) is 16.9. The summed E-state index contributed by atoms with van der Waals surface area (Å²) in [6.07, 6.45) is 3.21. The molecule has 0 aliphatic heterocycles. The highest BCUT2D eigenvalue weighted by Gasteiger charge is 2.20. The topological polar surface area (TPSA) is 55.4 Å². The highest BCUT2D eigenvalue weighted by Crippen LogP contribution is 2.36. The van der Waals surface area contributed by atoms with Crippen LogP contribution in [0.15, 0.2) is 47.9 Å². The second-order valence-corrected chi connectivity index (χ2v) is 6.89. The SMILES string of the molecule is CCOC(=O)c1c(NC(=O)/C=C/c2cccs2)sc2ccccc12. The van der Waals surface area contributed by atoms with Gasteiger partial charge in [0.25, 0.3) is 0 Å². The van der Waals surface area contributed by atoms with Crippen LogP contribution in [0, 0.1) is 0 Å². The summed E-state index contributed by atoms with van der Waals surface area (Å²) in [6, 6.07) is 11.4. The first kappa shape index (κ1) is 16.4. The summed E-state index contributed by atoms with van der Waals surface area (Å²) in [4.78, 5) is 25.5. The Morgan fingerprint density at radius 3 is 2.79 bits per heavy atom. The van der Waals surface area contributed by atoms with Crippen LogP contribution in [0.3, 0.4) is 0 Å². The fourth-order valence-electron chi connectivity index (χ4n) is 2.24. The van der Waals surface area contributed by atoms with Crippen LogP contribution in [0.1, 0.15) is 22.2 Å². The maximum Gasteiger partial charge on any atom is 0.341 e. The largest absolute Gasteiger partial charge is 0.462 e. The lowest BCUT2D eigenvalue weighted by Crippen LogP contribution is -2.11. The summed E-state index contributed by atoms with van der Waals surface area (Å²) >= 11 is 2.92. The molecule has 0 fully saturated rings. The molecule has 0 radical (unpaired) electrons. The van der Waals surface area contributed by atoms with Crippen molar-refractivity contribution in [2.75, 3.05) is 11.9 Å². The maximum absolute atomic E-state index is 12.3. The van der Waals surface area contributed by atoms with E-state index >= 15 is 0 Å². The van der Waals surface area contributed by atoms with E-state index in [2.05, 4.69) is 5.32 Å². The molecule has 122 valence electrons. The van der Waals surface area contributed by atoms with Gasteiger partial charge < -0.3 is 10.1 Å². The van der Waals surface area contributed by atoms with Crippen molar-refractivity contribution in [2.24, 2.45) is 0 Å². The second-order valence-electron chi connectivity index (χ2n) is 4.86. The van der Waals surface area contributed by atoms with E-state index in [-0.39, 0.29) is 12.5 Å². The molecule has 1 aromatic carbocycles. The van der Waals surface area contributed by atoms with Crippen LogP contribution in [0.4, 0.5) is 5.00 Å². The van der Waals surface area contributed by atoms with Gasteiger partial charge in [-0.2, -0.15) is 0 Å². The van der Waals surface area contributed by atoms with E-state index in [0.29, 0.717) is 10.6 Å². The van der Waals surface area contributed by atoms with Gasteiger partial charge in [0, 0.05) is 21.0 Å². The van der Waals surface area contributed by atoms with E-state index in [1.54, 1.807) is 24.3 Å². The minimum absolute atomic E-state index is 0.277. The lowest BCUT2D eigenvalue weighted by atomic mass is 10.1. The van der Waals surface area contributed by atoms with E-state index < -0.39 is 5.97 Å². The minimum Gasteiger partial charge on any atom is -0.462 e. The summed E-state index contributed by atoms with van der Waals surface area (Å²) in [7, 11) is 0. The molecule has 2 aromatic heterocycles. The van der Waals surface area contributed by atoms with Gasteiger partial charge in [0.05, 0.1) is 6.61 Å². The van der Waals surface area contributed by atoms with Crippen molar-refractivity contribution < 1.29 is 14.3 Å². The van der Waals surface area contributed by atoms with Crippen molar-refractivity contribution in [1.82, 2.24) is 0 Å². The summed E-state index contributed by atoms with van der Waals surface area (Å²) in [6.45, 7) is 2.04. The van der Waals surface area contributed by atoms with Crippen molar-refractivity contribution in [3.8, 4) is 0 Å². The smallest absolute Gasteiger partial charge is 0.341 e. The average molecular weight is 357 g/mol. The zero-order valence-corrected chi connectivity index (χ0v) is 14.6. The second kappa shape index (κ2) is 7.42. The van der Waals surface area contributed by atoms with Crippen LogP contribution in [0.25, 0.3) is 16.2 Å². The maximum atomic E-state index is 12.3. The number of nitrogens with one attached hydrogen (secondary N) is 1. The number of anilines is 1. The van der Waals surface area contributed by atoms with Crippen molar-refractivity contribution in [3.05, 3.63) is 58.3 Å². The van der Waals surface area contributed by atoms with Gasteiger partial charge in [-0.1, -0.05) is 24.3 Å². The molecule has 0 saturated carbocycles. The third kappa shape index (κ3) is 3.55. The number of carbonyl (C=O) groups excluding carboxylic acids is 2. The monoisotopic (exact) mass is 357 g/mol. The third-order valence-electron chi connectivity index (χ3n) is 3.25. The van der Waals surface area contributed by atoms with E-state index in [1.165, 1.54) is 17.4 Å². The summed E-state index contributed by atoms with van der Waals surface area (Å²) < 4.78 is 6.06. The first-order valence-corrected chi connectivity index (χ1v) is 9.10. The van der Waals surface area contributed by atoms with Gasteiger partial charge in [0.15, 0.2) is 0 Å². The van der Waals surface area contributed by atoms with Crippen molar-refractivity contribution in [3.63, 3.8) is 0 Å². The molecule has 3 rings (SSSR count). The van der Waals surface area contributed by atoms with Crippen LogP contribution in [-0.2, 0) is 9.53 Å². The standard InChI is InChI=1S/C18H15NO3S2/c1-2-22-18(21)16-13-7-3-4-8-14(13)24-17(16)19-15(20)10-9-12-6-5-11-23-12/h3-11H,2H2,1H3,(H,19,20)/b10-9+. The number of amides is 1. The molecule has 0 atom stereocenters. The highest BCUT2D eigenvalue weighted by molar-refractivity contribution is 7.23. The lowest BCUT2D eigenvalue weighted by molar-refractivity contribution is -0.111. The molecule has 1 N–H and O–H groups in total. The molecule has 4 nitrogen and oxygen atoms in total. The van der Waals surface area contributed by atoms with Crippen molar-refractivity contribution in [2.45, 2.75) is 6.92 Å². The molecular weight excluding hydrogens is 342 g/mol. The Bertz CT molecular complexity index is 894. The van der Waals surface area contributed by atoms with E-state index in [0.717, 1.165) is 15.0 Å². The van der Waals surface area contributed by atoms with Gasteiger partial charge >= 0.3 is 5.97 Å². The molecule has 2 heterocycles. The Labute approximate surface area is 147 Å². The molecular formula is C18H15NO3S2. The summed E-state index contributed by atoms with van der Waals surface area (Å²) in [5.41, 5.74) is 0.412. The molecule has 1 amide bonds. The Morgan fingerprint density at radius 1 is 1.21 bits per heavy atom. The quantitative estimate of drug-likeness (QED) is 0.527. The fourth-order valence-corrected chi connectivity index (χ4v) is 3.95. The summed E-state index contributed by atoms with van der Waals surface area (Å²) in [5.74, 6) is -0.701. The zero-order valence-electron chi connectivity index (χ0n) is 12.9. The Balaban J connectivity index is 1.89. The van der Waals surface area contributed by atoms with Gasteiger partial charge in [-0.05, 0) is 30.5 Å². The Morgan fingerprint density at radius 2 is 2.04 bits per heavy atom. The van der Waals surface area contributed by atoms with E-state index in [9.17, 15) is 9.59 Å². The average Bonchev–Trinajstić information content (AvgIpc) is 3.20. The normalized spacial score (nSPS) is 11.0. The number of hydrogen-bond acceptors (Lipinski definition) is 5. The van der Waals surface area contributed by atoms with Crippen LogP contribution in [-0.4, -0.2) is 18.5 Å². The molecule has 0 bridgehead atoms. The number of hydrogen-bond donors (Lipinski definition) is 1. The van der Waals surface area contributed by atoms with Crippen molar-refractivity contribution in [1.29, 1.82) is 0 Å². The number of thiophene rings is 2. The van der Waals surface area contributed by atoms with Crippen LogP contribution in [0.2, 0.25) is 0 Å². The first-order chi connectivity index (χ1) is 11.7. The lowest BCUT2D eigenvalue weighted by Gasteiger charge is -2.04. The summed E-state index contributed by atoms with van der Waals surface area (Å²) in [5, 5.41) is 6.05. The van der Waals surface area contributed by atoms with E-state index in [1.807, 2.05) is 41.8 Å². The molecule has 0 aliphatic rings. The Kier molecular flexibility index (Phi) is 5.08. The van der Waals surface area contributed by atoms with Gasteiger partial charge in [-0.15, -0.1) is 22.7 Å². The Hall–Kier alpha value is -2.44. The predicted molar refractivity (Wildman–Crippen MR) is 99.8 cm³/mol. The molecule has 3 aromatic rings. The third-order valence-corrected chi connectivity index (χ3v) is 5.18. The molecule has 6 heteroatoms. The molecule has 0 spiro atoms.